The second kappa shape index (κ2) is 7.83. The predicted octanol–water partition coefficient (Wildman–Crippen LogP) is 5.01. The minimum absolute atomic E-state index is 0.0580. The Bertz CT molecular complexity index is 850. The molecule has 122 valence electrons. The number of thioether (sulfide) groups is 1. The summed E-state index contributed by atoms with van der Waals surface area (Å²) in [5.74, 6) is 0.117. The van der Waals surface area contributed by atoms with Crippen LogP contribution in [0.15, 0.2) is 62.7 Å². The summed E-state index contributed by atoms with van der Waals surface area (Å²) in [5, 5.41) is 14.3. The first-order valence-corrected chi connectivity index (χ1v) is 9.70. The molecule has 24 heavy (non-hydrogen) atoms. The van der Waals surface area contributed by atoms with Crippen molar-refractivity contribution in [3.05, 3.63) is 58.4 Å². The molecule has 0 unspecified atom stereocenters. The molecule has 0 atom stereocenters. The number of hydrogen-bond donors (Lipinski definition) is 2. The molecule has 1 aromatic heterocycles. The number of halogens is 1. The number of carbonyl (C=O) groups is 1. The Kier molecular flexibility index (Phi) is 5.55. The SMILES string of the molecule is O=C(CSc1nc(-c2ccc(Br)cc2)cs1)Nc1ccccc1O. The fourth-order valence-electron chi connectivity index (χ4n) is 1.97. The number of nitrogens with zero attached hydrogens (tertiary/aromatic N) is 1. The molecular formula is C17H13BrN2O2S2. The van der Waals surface area contributed by atoms with E-state index in [-0.39, 0.29) is 17.4 Å². The van der Waals surface area contributed by atoms with Gasteiger partial charge in [-0.25, -0.2) is 4.98 Å². The van der Waals surface area contributed by atoms with E-state index in [1.165, 1.54) is 29.2 Å². The van der Waals surface area contributed by atoms with Gasteiger partial charge >= 0.3 is 0 Å². The van der Waals surface area contributed by atoms with Gasteiger partial charge in [0.15, 0.2) is 4.34 Å². The Labute approximate surface area is 156 Å². The topological polar surface area (TPSA) is 62.2 Å². The van der Waals surface area contributed by atoms with Gasteiger partial charge in [0, 0.05) is 15.4 Å². The standard InChI is InChI=1S/C17H13BrN2O2S2/c18-12-7-5-11(6-8-12)14-9-23-17(20-14)24-10-16(22)19-13-3-1-2-4-15(13)21/h1-9,21H,10H2,(H,19,22). The van der Waals surface area contributed by atoms with Crippen molar-refractivity contribution in [2.24, 2.45) is 0 Å². The number of phenolic OH excluding ortho intramolecular Hbond substituents is 1. The van der Waals surface area contributed by atoms with Crippen molar-refractivity contribution in [1.29, 1.82) is 0 Å². The molecule has 0 bridgehead atoms. The summed E-state index contributed by atoms with van der Waals surface area (Å²) in [6.07, 6.45) is 0. The number of benzene rings is 2. The van der Waals surface area contributed by atoms with Gasteiger partial charge in [0.2, 0.25) is 5.91 Å². The molecule has 0 aliphatic rings. The van der Waals surface area contributed by atoms with Gasteiger partial charge in [-0.05, 0) is 24.3 Å². The lowest BCUT2D eigenvalue weighted by Gasteiger charge is -2.05. The maximum atomic E-state index is 12.0. The summed E-state index contributed by atoms with van der Waals surface area (Å²) < 4.78 is 1.86. The monoisotopic (exact) mass is 420 g/mol. The van der Waals surface area contributed by atoms with Crippen LogP contribution >= 0.6 is 39.0 Å². The quantitative estimate of drug-likeness (QED) is 0.449. The van der Waals surface area contributed by atoms with E-state index in [2.05, 4.69) is 26.2 Å². The zero-order chi connectivity index (χ0) is 16.9. The lowest BCUT2D eigenvalue weighted by molar-refractivity contribution is -0.113. The molecule has 1 heterocycles. The molecule has 1 amide bonds. The summed E-state index contributed by atoms with van der Waals surface area (Å²) in [6, 6.07) is 14.6. The Hall–Kier alpha value is -1.83. The van der Waals surface area contributed by atoms with Crippen LogP contribution in [0.3, 0.4) is 0 Å². The van der Waals surface area contributed by atoms with Crippen molar-refractivity contribution in [3.63, 3.8) is 0 Å². The molecule has 2 aromatic carbocycles. The van der Waals surface area contributed by atoms with Crippen molar-refractivity contribution >= 4 is 50.6 Å². The molecule has 0 saturated heterocycles. The lowest BCUT2D eigenvalue weighted by atomic mass is 10.2. The molecule has 0 saturated carbocycles. The molecule has 2 N–H and O–H groups in total. The molecule has 7 heteroatoms. The van der Waals surface area contributed by atoms with Gasteiger partial charge in [-0.2, -0.15) is 0 Å². The molecule has 0 radical (unpaired) electrons. The van der Waals surface area contributed by atoms with Gasteiger partial charge in [-0.1, -0.05) is 52.0 Å². The Balaban J connectivity index is 1.58. The van der Waals surface area contributed by atoms with E-state index >= 15 is 0 Å². The first-order valence-electron chi connectivity index (χ1n) is 7.04. The first-order chi connectivity index (χ1) is 11.6. The largest absolute Gasteiger partial charge is 0.506 e. The fraction of sp³-hybridized carbons (Fsp3) is 0.0588. The average molecular weight is 421 g/mol. The second-order valence-corrected chi connectivity index (χ2v) is 7.86. The van der Waals surface area contributed by atoms with Crippen molar-refractivity contribution in [3.8, 4) is 17.0 Å². The molecule has 3 rings (SSSR count). The maximum absolute atomic E-state index is 12.0. The maximum Gasteiger partial charge on any atom is 0.234 e. The fourth-order valence-corrected chi connectivity index (χ4v) is 3.87. The number of amides is 1. The van der Waals surface area contributed by atoms with E-state index < -0.39 is 0 Å². The molecule has 0 aliphatic heterocycles. The van der Waals surface area contributed by atoms with E-state index in [9.17, 15) is 9.90 Å². The third-order valence-corrected chi connectivity index (χ3v) is 5.68. The van der Waals surface area contributed by atoms with Crippen molar-refractivity contribution < 1.29 is 9.90 Å². The van der Waals surface area contributed by atoms with E-state index in [4.69, 9.17) is 0 Å². The Morgan fingerprint density at radius 1 is 1.21 bits per heavy atom. The van der Waals surface area contributed by atoms with Crippen LogP contribution in [0.25, 0.3) is 11.3 Å². The highest BCUT2D eigenvalue weighted by Crippen LogP contribution is 2.29. The molecule has 0 aliphatic carbocycles. The zero-order valence-electron chi connectivity index (χ0n) is 12.4. The molecule has 4 nitrogen and oxygen atoms in total. The van der Waals surface area contributed by atoms with Gasteiger partial charge in [-0.15, -0.1) is 11.3 Å². The minimum atomic E-state index is -0.179. The highest BCUT2D eigenvalue weighted by atomic mass is 79.9. The smallest absolute Gasteiger partial charge is 0.234 e. The summed E-state index contributed by atoms with van der Waals surface area (Å²) >= 11 is 6.30. The second-order valence-electron chi connectivity index (χ2n) is 4.86. The van der Waals surface area contributed by atoms with Gasteiger partial charge in [0.1, 0.15) is 5.75 Å². The molecule has 0 fully saturated rings. The van der Waals surface area contributed by atoms with Gasteiger partial charge < -0.3 is 10.4 Å². The first kappa shape index (κ1) is 17.0. The van der Waals surface area contributed by atoms with Crippen LogP contribution in [0.5, 0.6) is 5.75 Å². The summed E-state index contributed by atoms with van der Waals surface area (Å²) in [7, 11) is 0. The molecule has 0 spiro atoms. The van der Waals surface area contributed by atoms with Crippen LogP contribution in [-0.2, 0) is 4.79 Å². The highest BCUT2D eigenvalue weighted by molar-refractivity contribution is 9.10. The van der Waals surface area contributed by atoms with Crippen molar-refractivity contribution in [2.45, 2.75) is 4.34 Å². The normalized spacial score (nSPS) is 10.5. The number of carbonyl (C=O) groups excluding carboxylic acids is 1. The third kappa shape index (κ3) is 4.37. The predicted molar refractivity (Wildman–Crippen MR) is 103 cm³/mol. The summed E-state index contributed by atoms with van der Waals surface area (Å²) in [4.78, 5) is 16.5. The molecular weight excluding hydrogens is 408 g/mol. The van der Waals surface area contributed by atoms with Gasteiger partial charge in [-0.3, -0.25) is 4.79 Å². The van der Waals surface area contributed by atoms with Crippen LogP contribution in [0.2, 0.25) is 0 Å². The van der Waals surface area contributed by atoms with Crippen LogP contribution in [0, 0.1) is 0 Å². The summed E-state index contributed by atoms with van der Waals surface area (Å²) in [6.45, 7) is 0. The van der Waals surface area contributed by atoms with Crippen molar-refractivity contribution in [1.82, 2.24) is 4.98 Å². The number of phenols is 1. The average Bonchev–Trinajstić information content (AvgIpc) is 3.05. The van der Waals surface area contributed by atoms with Gasteiger partial charge in [0.25, 0.3) is 0 Å². The third-order valence-electron chi connectivity index (χ3n) is 3.13. The Morgan fingerprint density at radius 3 is 2.71 bits per heavy atom. The number of thiazole rings is 1. The number of rotatable bonds is 5. The van der Waals surface area contributed by atoms with Crippen LogP contribution in [-0.4, -0.2) is 21.8 Å². The van der Waals surface area contributed by atoms with Crippen LogP contribution in [0.4, 0.5) is 5.69 Å². The number of para-hydroxylation sites is 2. The van der Waals surface area contributed by atoms with E-state index in [0.29, 0.717) is 5.69 Å². The van der Waals surface area contributed by atoms with Crippen LogP contribution in [0.1, 0.15) is 0 Å². The summed E-state index contributed by atoms with van der Waals surface area (Å²) in [5.41, 5.74) is 2.36. The number of aromatic hydroxyl groups is 1. The van der Waals surface area contributed by atoms with E-state index in [1.54, 1.807) is 18.2 Å². The molecule has 3 aromatic rings. The highest BCUT2D eigenvalue weighted by Gasteiger charge is 2.09. The van der Waals surface area contributed by atoms with Gasteiger partial charge in [0.05, 0.1) is 17.1 Å². The number of aromatic nitrogens is 1. The number of nitrogens with one attached hydrogen (secondary N) is 1. The van der Waals surface area contributed by atoms with E-state index in [0.717, 1.165) is 20.1 Å². The lowest BCUT2D eigenvalue weighted by Crippen LogP contribution is -2.13. The Morgan fingerprint density at radius 2 is 1.96 bits per heavy atom. The van der Waals surface area contributed by atoms with Crippen LogP contribution < -0.4 is 5.32 Å². The van der Waals surface area contributed by atoms with Crippen molar-refractivity contribution in [2.75, 3.05) is 11.1 Å². The minimum Gasteiger partial charge on any atom is -0.506 e. The zero-order valence-corrected chi connectivity index (χ0v) is 15.6. The number of anilines is 1. The van der Waals surface area contributed by atoms with E-state index in [1.807, 2.05) is 29.6 Å². The number of hydrogen-bond acceptors (Lipinski definition) is 5.